The van der Waals surface area contributed by atoms with Crippen LogP contribution in [-0.2, 0) is 9.47 Å². The lowest BCUT2D eigenvalue weighted by molar-refractivity contribution is 0.0420. The summed E-state index contributed by atoms with van der Waals surface area (Å²) < 4.78 is 24.5. The van der Waals surface area contributed by atoms with Crippen LogP contribution >= 0.6 is 0 Å². The lowest BCUT2D eigenvalue weighted by Crippen LogP contribution is -2.42. The van der Waals surface area contributed by atoms with E-state index in [0.717, 1.165) is 26.0 Å². The maximum absolute atomic E-state index is 13.5. The van der Waals surface area contributed by atoms with Crippen molar-refractivity contribution in [2.24, 2.45) is 4.99 Å². The highest BCUT2D eigenvalue weighted by molar-refractivity contribution is 5.94. The highest BCUT2D eigenvalue weighted by atomic mass is 19.1. The van der Waals surface area contributed by atoms with E-state index in [1.165, 1.54) is 12.1 Å². The molecule has 1 saturated heterocycles. The fourth-order valence-electron chi connectivity index (χ4n) is 2.49. The molecule has 1 aromatic carbocycles. The fraction of sp³-hybridized carbons (Fsp3) is 0.556. The van der Waals surface area contributed by atoms with Crippen molar-refractivity contribution in [3.8, 4) is 0 Å². The van der Waals surface area contributed by atoms with E-state index in [4.69, 9.17) is 9.47 Å². The number of rotatable bonds is 9. The van der Waals surface area contributed by atoms with E-state index in [1.54, 1.807) is 19.2 Å². The maximum atomic E-state index is 13.5. The normalized spacial score (nSPS) is 17.2. The van der Waals surface area contributed by atoms with Gasteiger partial charge in [0.15, 0.2) is 5.96 Å². The third-order valence-corrected chi connectivity index (χ3v) is 3.90. The Bertz CT molecular complexity index is 592. The van der Waals surface area contributed by atoms with Crippen molar-refractivity contribution >= 4 is 11.9 Å². The van der Waals surface area contributed by atoms with E-state index in [0.29, 0.717) is 32.3 Å². The van der Waals surface area contributed by atoms with E-state index in [1.807, 2.05) is 0 Å². The molecule has 3 N–H and O–H groups in total. The first-order valence-corrected chi connectivity index (χ1v) is 8.87. The summed E-state index contributed by atoms with van der Waals surface area (Å²) in [5.74, 6) is -0.308. The van der Waals surface area contributed by atoms with Gasteiger partial charge in [0.2, 0.25) is 0 Å². The van der Waals surface area contributed by atoms with E-state index >= 15 is 0 Å². The number of guanidine groups is 1. The van der Waals surface area contributed by atoms with Gasteiger partial charge in [-0.3, -0.25) is 9.79 Å². The molecule has 0 aromatic heterocycles. The molecular formula is C18H27FN4O3. The van der Waals surface area contributed by atoms with E-state index in [-0.39, 0.29) is 11.7 Å². The van der Waals surface area contributed by atoms with Gasteiger partial charge in [-0.25, -0.2) is 4.39 Å². The van der Waals surface area contributed by atoms with Crippen LogP contribution in [0.5, 0.6) is 0 Å². The predicted octanol–water partition coefficient (Wildman–Crippen LogP) is 0.916. The minimum absolute atomic E-state index is 0.0441. The molecule has 144 valence electrons. The van der Waals surface area contributed by atoms with Gasteiger partial charge in [-0.2, -0.15) is 0 Å². The average molecular weight is 366 g/mol. The van der Waals surface area contributed by atoms with Gasteiger partial charge in [-0.05, 0) is 25.0 Å². The molecule has 26 heavy (non-hydrogen) atoms. The topological polar surface area (TPSA) is 84.0 Å². The summed E-state index contributed by atoms with van der Waals surface area (Å²) in [6, 6.07) is 5.90. The van der Waals surface area contributed by atoms with Gasteiger partial charge in [-0.1, -0.05) is 12.1 Å². The molecule has 1 aliphatic rings. The van der Waals surface area contributed by atoms with Gasteiger partial charge in [-0.15, -0.1) is 0 Å². The van der Waals surface area contributed by atoms with E-state index < -0.39 is 11.7 Å². The van der Waals surface area contributed by atoms with Crippen LogP contribution in [0.4, 0.5) is 4.39 Å². The Morgan fingerprint density at radius 3 is 2.77 bits per heavy atom. The first kappa shape index (κ1) is 20.1. The van der Waals surface area contributed by atoms with Gasteiger partial charge >= 0.3 is 0 Å². The zero-order valence-electron chi connectivity index (χ0n) is 15.1. The lowest BCUT2D eigenvalue weighted by Gasteiger charge is -2.13. The Balaban J connectivity index is 1.54. The number of nitrogens with one attached hydrogen (secondary N) is 3. The number of carbonyl (C=O) groups is 1. The second-order valence-corrected chi connectivity index (χ2v) is 5.87. The molecule has 2 rings (SSSR count). The van der Waals surface area contributed by atoms with Crippen molar-refractivity contribution < 1.29 is 18.7 Å². The third-order valence-electron chi connectivity index (χ3n) is 3.90. The molecule has 8 heteroatoms. The zero-order chi connectivity index (χ0) is 18.6. The van der Waals surface area contributed by atoms with Crippen molar-refractivity contribution in [2.45, 2.75) is 18.9 Å². The van der Waals surface area contributed by atoms with Gasteiger partial charge in [0, 0.05) is 39.9 Å². The van der Waals surface area contributed by atoms with E-state index in [2.05, 4.69) is 20.9 Å². The maximum Gasteiger partial charge on any atom is 0.254 e. The molecule has 0 bridgehead atoms. The van der Waals surface area contributed by atoms with Crippen LogP contribution < -0.4 is 16.0 Å². The predicted molar refractivity (Wildman–Crippen MR) is 97.9 cm³/mol. The Hall–Kier alpha value is -2.19. The Morgan fingerprint density at radius 2 is 2.04 bits per heavy atom. The minimum Gasteiger partial charge on any atom is -0.379 e. The molecule has 1 atom stereocenters. The van der Waals surface area contributed by atoms with Gasteiger partial charge in [0.05, 0.1) is 18.3 Å². The van der Waals surface area contributed by atoms with Crippen molar-refractivity contribution in [3.05, 3.63) is 35.6 Å². The molecule has 1 amide bonds. The van der Waals surface area contributed by atoms with Gasteiger partial charge < -0.3 is 25.4 Å². The third kappa shape index (κ3) is 6.97. The number of hydrogen-bond acceptors (Lipinski definition) is 4. The molecule has 1 aromatic rings. The highest BCUT2D eigenvalue weighted by Crippen LogP contribution is 2.08. The van der Waals surface area contributed by atoms with Crippen molar-refractivity contribution in [3.63, 3.8) is 0 Å². The van der Waals surface area contributed by atoms with Crippen LogP contribution in [0, 0.1) is 5.82 Å². The highest BCUT2D eigenvalue weighted by Gasteiger charge is 2.15. The SMILES string of the molecule is CN=C(NCCCOC1CCOC1)NCCNC(=O)c1ccccc1F. The number of hydrogen-bond donors (Lipinski definition) is 3. The smallest absolute Gasteiger partial charge is 0.254 e. The van der Waals surface area contributed by atoms with Crippen LogP contribution in [0.25, 0.3) is 0 Å². The summed E-state index contributed by atoms with van der Waals surface area (Å²) in [5, 5.41) is 8.94. The second-order valence-electron chi connectivity index (χ2n) is 5.87. The largest absolute Gasteiger partial charge is 0.379 e. The molecule has 1 heterocycles. The molecule has 0 saturated carbocycles. The van der Waals surface area contributed by atoms with Crippen molar-refractivity contribution in [2.75, 3.05) is 46.5 Å². The Morgan fingerprint density at radius 1 is 1.27 bits per heavy atom. The lowest BCUT2D eigenvalue weighted by atomic mass is 10.2. The monoisotopic (exact) mass is 366 g/mol. The second kappa shape index (κ2) is 11.4. The Kier molecular flexibility index (Phi) is 8.85. The quantitative estimate of drug-likeness (QED) is 0.344. The summed E-state index contributed by atoms with van der Waals surface area (Å²) in [6.45, 7) is 3.72. The van der Waals surface area contributed by atoms with Crippen LogP contribution in [0.1, 0.15) is 23.2 Å². The molecule has 0 radical (unpaired) electrons. The number of halogens is 1. The molecule has 7 nitrogen and oxygen atoms in total. The molecule has 0 spiro atoms. The van der Waals surface area contributed by atoms with Crippen molar-refractivity contribution in [1.29, 1.82) is 0 Å². The van der Waals surface area contributed by atoms with Crippen LogP contribution in [0.2, 0.25) is 0 Å². The molecule has 0 aliphatic carbocycles. The van der Waals surface area contributed by atoms with Gasteiger partial charge in [0.1, 0.15) is 5.82 Å². The summed E-state index contributed by atoms with van der Waals surface area (Å²) in [5.41, 5.74) is 0.0441. The summed E-state index contributed by atoms with van der Waals surface area (Å²) >= 11 is 0. The summed E-state index contributed by atoms with van der Waals surface area (Å²) in [7, 11) is 1.68. The van der Waals surface area contributed by atoms with E-state index in [9.17, 15) is 9.18 Å². The first-order chi connectivity index (χ1) is 12.7. The fourth-order valence-corrected chi connectivity index (χ4v) is 2.49. The number of ether oxygens (including phenoxy) is 2. The number of benzene rings is 1. The minimum atomic E-state index is -0.526. The van der Waals surface area contributed by atoms with Crippen molar-refractivity contribution in [1.82, 2.24) is 16.0 Å². The standard InChI is InChI=1S/C18H27FN4O3/c1-20-18(22-8-4-11-26-14-7-12-25-13-14)23-10-9-21-17(24)15-5-2-3-6-16(15)19/h2-3,5-6,14H,4,7-13H2,1H3,(H,21,24)(H2,20,22,23). The number of nitrogens with zero attached hydrogens (tertiary/aromatic N) is 1. The number of amides is 1. The van der Waals surface area contributed by atoms with Crippen LogP contribution in [-0.4, -0.2) is 64.5 Å². The van der Waals surface area contributed by atoms with Crippen LogP contribution in [0.3, 0.4) is 0 Å². The molecule has 1 aliphatic heterocycles. The Labute approximate surface area is 153 Å². The molecule has 1 fully saturated rings. The van der Waals surface area contributed by atoms with Crippen LogP contribution in [0.15, 0.2) is 29.3 Å². The summed E-state index contributed by atoms with van der Waals surface area (Å²) in [4.78, 5) is 16.0. The number of aliphatic imine (C=N–C) groups is 1. The average Bonchev–Trinajstić information content (AvgIpc) is 3.16. The van der Waals surface area contributed by atoms with Gasteiger partial charge in [0.25, 0.3) is 5.91 Å². The molecule has 1 unspecified atom stereocenters. The number of carbonyl (C=O) groups excluding carboxylic acids is 1. The first-order valence-electron chi connectivity index (χ1n) is 8.87. The molecular weight excluding hydrogens is 339 g/mol. The summed E-state index contributed by atoms with van der Waals surface area (Å²) in [6.07, 6.45) is 2.06. The zero-order valence-corrected chi connectivity index (χ0v) is 15.1.